The number of carbonyl (C=O) groups excluding carboxylic acids is 1. The summed E-state index contributed by atoms with van der Waals surface area (Å²) in [6, 6.07) is 8.09. The van der Waals surface area contributed by atoms with Gasteiger partial charge >= 0.3 is 0 Å². The number of nitrogens with zero attached hydrogens (tertiary/aromatic N) is 1. The quantitative estimate of drug-likeness (QED) is 0.917. The van der Waals surface area contributed by atoms with Crippen LogP contribution in [0.5, 0.6) is 0 Å². The molecule has 1 aromatic carbocycles. The molecule has 0 bridgehead atoms. The second kappa shape index (κ2) is 4.70. The Kier molecular flexibility index (Phi) is 3.03. The maximum absolute atomic E-state index is 12.2. The van der Waals surface area contributed by atoms with Gasteiger partial charge in [0.05, 0.1) is 6.26 Å². The standard InChI is InChI=1S/C15H18N2O2/c1-17(15(18)10-6-12(16)7-10)8-11-9-19-14-5-3-2-4-13(11)14/h2-5,9-10,12H,6-8,16H2,1H3. The van der Waals surface area contributed by atoms with E-state index >= 15 is 0 Å². The maximum Gasteiger partial charge on any atom is 0.225 e. The Morgan fingerprint density at radius 1 is 1.42 bits per heavy atom. The van der Waals surface area contributed by atoms with Crippen molar-refractivity contribution in [2.45, 2.75) is 25.4 Å². The zero-order valence-corrected chi connectivity index (χ0v) is 11.0. The lowest BCUT2D eigenvalue weighted by atomic mass is 9.80. The van der Waals surface area contributed by atoms with Crippen molar-refractivity contribution in [3.8, 4) is 0 Å². The van der Waals surface area contributed by atoms with E-state index in [2.05, 4.69) is 0 Å². The summed E-state index contributed by atoms with van der Waals surface area (Å²) in [6.07, 6.45) is 3.37. The third-order valence-electron chi connectivity index (χ3n) is 3.87. The number of amides is 1. The number of hydrogen-bond donors (Lipinski definition) is 1. The van der Waals surface area contributed by atoms with Crippen LogP contribution in [0.15, 0.2) is 34.9 Å². The zero-order valence-electron chi connectivity index (χ0n) is 11.0. The number of hydrogen-bond acceptors (Lipinski definition) is 3. The van der Waals surface area contributed by atoms with Crippen LogP contribution in [0.25, 0.3) is 11.0 Å². The molecular formula is C15H18N2O2. The first-order chi connectivity index (χ1) is 9.15. The van der Waals surface area contributed by atoms with Gasteiger partial charge in [0.15, 0.2) is 0 Å². The Balaban J connectivity index is 1.72. The molecular weight excluding hydrogens is 240 g/mol. The van der Waals surface area contributed by atoms with Crippen molar-refractivity contribution in [3.63, 3.8) is 0 Å². The highest BCUT2D eigenvalue weighted by atomic mass is 16.3. The van der Waals surface area contributed by atoms with Gasteiger partial charge in [0.25, 0.3) is 0 Å². The monoisotopic (exact) mass is 258 g/mol. The number of rotatable bonds is 3. The van der Waals surface area contributed by atoms with E-state index in [9.17, 15) is 4.79 Å². The summed E-state index contributed by atoms with van der Waals surface area (Å²) in [5.74, 6) is 0.296. The molecule has 1 fully saturated rings. The predicted octanol–water partition coefficient (Wildman–Crippen LogP) is 2.13. The van der Waals surface area contributed by atoms with Crippen LogP contribution in [0.4, 0.5) is 0 Å². The molecule has 0 aliphatic heterocycles. The summed E-state index contributed by atoms with van der Waals surface area (Å²) in [4.78, 5) is 13.9. The normalized spacial score (nSPS) is 22.2. The molecule has 4 nitrogen and oxygen atoms in total. The Bertz CT molecular complexity index is 599. The lowest BCUT2D eigenvalue weighted by molar-refractivity contribution is -0.137. The molecule has 0 atom stereocenters. The van der Waals surface area contributed by atoms with Gasteiger partial charge in [-0.3, -0.25) is 4.79 Å². The van der Waals surface area contributed by atoms with Crippen LogP contribution < -0.4 is 5.73 Å². The average Bonchev–Trinajstić information content (AvgIpc) is 2.78. The minimum Gasteiger partial charge on any atom is -0.464 e. The highest BCUT2D eigenvalue weighted by molar-refractivity contribution is 5.83. The summed E-state index contributed by atoms with van der Waals surface area (Å²) in [5.41, 5.74) is 7.65. The SMILES string of the molecule is CN(Cc1coc2ccccc12)C(=O)C1CC(N)C1. The van der Waals surface area contributed by atoms with Crippen LogP contribution in [0.3, 0.4) is 0 Å². The van der Waals surface area contributed by atoms with E-state index < -0.39 is 0 Å². The molecule has 1 saturated carbocycles. The molecule has 0 radical (unpaired) electrons. The van der Waals surface area contributed by atoms with E-state index in [1.807, 2.05) is 31.3 Å². The highest BCUT2D eigenvalue weighted by Crippen LogP contribution is 2.28. The van der Waals surface area contributed by atoms with Crippen molar-refractivity contribution < 1.29 is 9.21 Å². The van der Waals surface area contributed by atoms with Gasteiger partial charge in [0, 0.05) is 36.5 Å². The lowest BCUT2D eigenvalue weighted by Gasteiger charge is -2.34. The average molecular weight is 258 g/mol. The van der Waals surface area contributed by atoms with Crippen LogP contribution in [0.1, 0.15) is 18.4 Å². The number of carbonyl (C=O) groups is 1. The fourth-order valence-electron chi connectivity index (χ4n) is 2.66. The summed E-state index contributed by atoms with van der Waals surface area (Å²) < 4.78 is 5.49. The summed E-state index contributed by atoms with van der Waals surface area (Å²) in [6.45, 7) is 0.585. The number of nitrogens with two attached hydrogens (primary N) is 1. The van der Waals surface area contributed by atoms with Crippen LogP contribution in [0.2, 0.25) is 0 Å². The molecule has 1 aliphatic rings. The van der Waals surface area contributed by atoms with Gasteiger partial charge in [0.2, 0.25) is 5.91 Å². The predicted molar refractivity (Wildman–Crippen MR) is 73.4 cm³/mol. The molecule has 0 spiro atoms. The summed E-state index contributed by atoms with van der Waals surface area (Å²) in [5, 5.41) is 1.08. The van der Waals surface area contributed by atoms with Crippen molar-refractivity contribution in [3.05, 3.63) is 36.1 Å². The van der Waals surface area contributed by atoms with Gasteiger partial charge in [-0.25, -0.2) is 0 Å². The second-order valence-corrected chi connectivity index (χ2v) is 5.38. The minimum atomic E-state index is 0.109. The third-order valence-corrected chi connectivity index (χ3v) is 3.87. The molecule has 1 aliphatic carbocycles. The molecule has 1 heterocycles. The second-order valence-electron chi connectivity index (χ2n) is 5.38. The molecule has 1 aromatic heterocycles. The van der Waals surface area contributed by atoms with Gasteiger partial charge < -0.3 is 15.1 Å². The van der Waals surface area contributed by atoms with Crippen LogP contribution >= 0.6 is 0 Å². The molecule has 100 valence electrons. The molecule has 19 heavy (non-hydrogen) atoms. The first kappa shape index (κ1) is 12.2. The Labute approximate surface area is 112 Å². The van der Waals surface area contributed by atoms with E-state index in [1.165, 1.54) is 0 Å². The van der Waals surface area contributed by atoms with E-state index in [0.29, 0.717) is 6.54 Å². The zero-order chi connectivity index (χ0) is 13.4. The van der Waals surface area contributed by atoms with Gasteiger partial charge in [-0.2, -0.15) is 0 Å². The largest absolute Gasteiger partial charge is 0.464 e. The van der Waals surface area contributed by atoms with Gasteiger partial charge in [-0.1, -0.05) is 18.2 Å². The summed E-state index contributed by atoms with van der Waals surface area (Å²) in [7, 11) is 1.84. The Morgan fingerprint density at radius 2 is 2.16 bits per heavy atom. The van der Waals surface area contributed by atoms with Crippen LogP contribution in [-0.2, 0) is 11.3 Å². The van der Waals surface area contributed by atoms with Crippen molar-refractivity contribution in [2.75, 3.05) is 7.05 Å². The maximum atomic E-state index is 12.2. The third kappa shape index (κ3) is 2.24. The van der Waals surface area contributed by atoms with E-state index in [0.717, 1.165) is 29.4 Å². The van der Waals surface area contributed by atoms with Gasteiger partial charge in [0.1, 0.15) is 5.58 Å². The summed E-state index contributed by atoms with van der Waals surface area (Å²) >= 11 is 0. The van der Waals surface area contributed by atoms with E-state index in [4.69, 9.17) is 10.2 Å². The molecule has 4 heteroatoms. The van der Waals surface area contributed by atoms with Crippen LogP contribution in [-0.4, -0.2) is 23.9 Å². The number of fused-ring (bicyclic) bond motifs is 1. The van der Waals surface area contributed by atoms with E-state index in [-0.39, 0.29) is 17.9 Å². The molecule has 3 rings (SSSR count). The topological polar surface area (TPSA) is 59.5 Å². The first-order valence-corrected chi connectivity index (χ1v) is 6.61. The van der Waals surface area contributed by atoms with E-state index in [1.54, 1.807) is 11.2 Å². The van der Waals surface area contributed by atoms with Gasteiger partial charge in [-0.15, -0.1) is 0 Å². The van der Waals surface area contributed by atoms with Crippen molar-refractivity contribution in [1.82, 2.24) is 4.90 Å². The molecule has 2 N–H and O–H groups in total. The number of para-hydroxylation sites is 1. The number of benzene rings is 1. The first-order valence-electron chi connectivity index (χ1n) is 6.61. The van der Waals surface area contributed by atoms with Crippen LogP contribution in [0, 0.1) is 5.92 Å². The minimum absolute atomic E-state index is 0.109. The Hall–Kier alpha value is -1.81. The fraction of sp³-hybridized carbons (Fsp3) is 0.400. The molecule has 2 aromatic rings. The molecule has 0 saturated heterocycles. The lowest BCUT2D eigenvalue weighted by Crippen LogP contribution is -2.45. The molecule has 1 amide bonds. The fourth-order valence-corrected chi connectivity index (χ4v) is 2.66. The van der Waals surface area contributed by atoms with Crippen molar-refractivity contribution in [1.29, 1.82) is 0 Å². The highest BCUT2D eigenvalue weighted by Gasteiger charge is 2.33. The number of furan rings is 1. The Morgan fingerprint density at radius 3 is 2.89 bits per heavy atom. The van der Waals surface area contributed by atoms with Crippen molar-refractivity contribution in [2.24, 2.45) is 11.7 Å². The van der Waals surface area contributed by atoms with Gasteiger partial charge in [-0.05, 0) is 18.9 Å². The smallest absolute Gasteiger partial charge is 0.225 e. The molecule has 0 unspecified atom stereocenters. The van der Waals surface area contributed by atoms with Crippen molar-refractivity contribution >= 4 is 16.9 Å².